The van der Waals surface area contributed by atoms with Gasteiger partial charge in [0, 0.05) is 13.3 Å². The maximum absolute atomic E-state index is 11.1. The monoisotopic (exact) mass is 307 g/mol. The SMILES string of the molecule is CC(=O)NC(C)(C)/C(N)=N/OCCCOc1ccccc1C. The minimum Gasteiger partial charge on any atom is -0.493 e. The fourth-order valence-corrected chi connectivity index (χ4v) is 1.76. The van der Waals surface area contributed by atoms with E-state index in [1.165, 1.54) is 6.92 Å². The molecule has 22 heavy (non-hydrogen) atoms. The van der Waals surface area contributed by atoms with E-state index in [0.29, 0.717) is 19.6 Å². The molecule has 0 aliphatic heterocycles. The van der Waals surface area contributed by atoms with Gasteiger partial charge in [-0.05, 0) is 32.4 Å². The molecule has 0 fully saturated rings. The van der Waals surface area contributed by atoms with Crippen LogP contribution in [0.15, 0.2) is 29.4 Å². The Morgan fingerprint density at radius 3 is 2.64 bits per heavy atom. The highest BCUT2D eigenvalue weighted by Crippen LogP contribution is 2.16. The van der Waals surface area contributed by atoms with Crippen molar-refractivity contribution in [1.82, 2.24) is 5.32 Å². The number of para-hydroxylation sites is 1. The molecule has 0 saturated heterocycles. The van der Waals surface area contributed by atoms with Crippen LogP contribution in [0.4, 0.5) is 0 Å². The van der Waals surface area contributed by atoms with Crippen LogP contribution < -0.4 is 15.8 Å². The van der Waals surface area contributed by atoms with Gasteiger partial charge in [-0.25, -0.2) is 0 Å². The predicted octanol–water partition coefficient (Wildman–Crippen LogP) is 1.97. The van der Waals surface area contributed by atoms with E-state index in [9.17, 15) is 4.79 Å². The highest BCUT2D eigenvalue weighted by molar-refractivity contribution is 5.92. The second-order valence-corrected chi connectivity index (χ2v) is 5.58. The molecule has 0 unspecified atom stereocenters. The number of amides is 1. The molecule has 0 aliphatic carbocycles. The van der Waals surface area contributed by atoms with Gasteiger partial charge in [-0.2, -0.15) is 0 Å². The average Bonchev–Trinajstić information content (AvgIpc) is 2.42. The van der Waals surface area contributed by atoms with Gasteiger partial charge in [-0.1, -0.05) is 23.4 Å². The number of nitrogens with one attached hydrogen (secondary N) is 1. The number of ether oxygens (including phenoxy) is 1. The van der Waals surface area contributed by atoms with Crippen LogP contribution in [-0.4, -0.2) is 30.5 Å². The van der Waals surface area contributed by atoms with Gasteiger partial charge in [0.25, 0.3) is 0 Å². The van der Waals surface area contributed by atoms with Crippen LogP contribution in [0.2, 0.25) is 0 Å². The Morgan fingerprint density at radius 1 is 1.32 bits per heavy atom. The largest absolute Gasteiger partial charge is 0.493 e. The van der Waals surface area contributed by atoms with Gasteiger partial charge in [0.1, 0.15) is 12.4 Å². The Labute approximate surface area is 131 Å². The third-order valence-corrected chi connectivity index (χ3v) is 3.02. The quantitative estimate of drug-likeness (QED) is 0.333. The maximum Gasteiger partial charge on any atom is 0.217 e. The molecule has 0 saturated carbocycles. The molecule has 1 amide bonds. The van der Waals surface area contributed by atoms with Crippen LogP contribution in [0, 0.1) is 6.92 Å². The number of benzene rings is 1. The normalized spacial score (nSPS) is 11.9. The summed E-state index contributed by atoms with van der Waals surface area (Å²) in [5.41, 5.74) is 6.17. The van der Waals surface area contributed by atoms with E-state index in [1.54, 1.807) is 13.8 Å². The van der Waals surface area contributed by atoms with Crippen molar-refractivity contribution in [1.29, 1.82) is 0 Å². The van der Waals surface area contributed by atoms with Gasteiger partial charge in [-0.15, -0.1) is 0 Å². The van der Waals surface area contributed by atoms with Crippen molar-refractivity contribution in [3.05, 3.63) is 29.8 Å². The van der Waals surface area contributed by atoms with E-state index in [1.807, 2.05) is 31.2 Å². The molecule has 1 aromatic rings. The Balaban J connectivity index is 2.28. The Kier molecular flexibility index (Phi) is 6.69. The number of hydrogen-bond acceptors (Lipinski definition) is 4. The summed E-state index contributed by atoms with van der Waals surface area (Å²) in [6.45, 7) is 7.88. The lowest BCUT2D eigenvalue weighted by molar-refractivity contribution is -0.119. The molecule has 1 rings (SSSR count). The van der Waals surface area contributed by atoms with E-state index >= 15 is 0 Å². The fourth-order valence-electron chi connectivity index (χ4n) is 1.76. The van der Waals surface area contributed by atoms with E-state index in [-0.39, 0.29) is 11.7 Å². The number of oxime groups is 1. The van der Waals surface area contributed by atoms with Crippen LogP contribution in [0.25, 0.3) is 0 Å². The van der Waals surface area contributed by atoms with E-state index in [4.69, 9.17) is 15.3 Å². The summed E-state index contributed by atoms with van der Waals surface area (Å²) in [4.78, 5) is 16.2. The van der Waals surface area contributed by atoms with E-state index in [0.717, 1.165) is 11.3 Å². The first-order valence-corrected chi connectivity index (χ1v) is 7.26. The molecule has 0 spiro atoms. The van der Waals surface area contributed by atoms with Gasteiger partial charge in [0.15, 0.2) is 5.84 Å². The van der Waals surface area contributed by atoms with Crippen molar-refractivity contribution >= 4 is 11.7 Å². The molecule has 6 nitrogen and oxygen atoms in total. The zero-order chi connectivity index (χ0) is 16.6. The molecule has 0 aromatic heterocycles. The number of nitrogens with zero attached hydrogens (tertiary/aromatic N) is 1. The summed E-state index contributed by atoms with van der Waals surface area (Å²) in [5, 5.41) is 6.53. The lowest BCUT2D eigenvalue weighted by atomic mass is 10.0. The molecule has 3 N–H and O–H groups in total. The molecule has 0 radical (unpaired) electrons. The van der Waals surface area contributed by atoms with Crippen molar-refractivity contribution in [2.45, 2.75) is 39.7 Å². The minimum absolute atomic E-state index is 0.171. The molecular formula is C16H25N3O3. The summed E-state index contributed by atoms with van der Waals surface area (Å²) >= 11 is 0. The van der Waals surface area contributed by atoms with Crippen molar-refractivity contribution in [3.8, 4) is 5.75 Å². The summed E-state index contributed by atoms with van der Waals surface area (Å²) in [5.74, 6) is 0.926. The molecular weight excluding hydrogens is 282 g/mol. The number of nitrogens with two attached hydrogens (primary N) is 1. The van der Waals surface area contributed by atoms with Crippen LogP contribution in [0.5, 0.6) is 5.75 Å². The smallest absolute Gasteiger partial charge is 0.217 e. The molecule has 0 heterocycles. The summed E-state index contributed by atoms with van der Waals surface area (Å²) < 4.78 is 5.65. The summed E-state index contributed by atoms with van der Waals surface area (Å²) in [6.07, 6.45) is 0.686. The van der Waals surface area contributed by atoms with E-state index < -0.39 is 5.54 Å². The number of carbonyl (C=O) groups is 1. The molecule has 122 valence electrons. The fraction of sp³-hybridized carbons (Fsp3) is 0.500. The first-order chi connectivity index (χ1) is 10.3. The zero-order valence-electron chi connectivity index (χ0n) is 13.7. The minimum atomic E-state index is -0.733. The second kappa shape index (κ2) is 8.26. The zero-order valence-corrected chi connectivity index (χ0v) is 13.7. The molecule has 0 aliphatic rings. The topological polar surface area (TPSA) is 85.9 Å². The Bertz CT molecular complexity index is 527. The predicted molar refractivity (Wildman–Crippen MR) is 86.8 cm³/mol. The van der Waals surface area contributed by atoms with Gasteiger partial charge in [0.05, 0.1) is 12.1 Å². The van der Waals surface area contributed by atoms with Gasteiger partial charge in [0.2, 0.25) is 5.91 Å². The average molecular weight is 307 g/mol. The maximum atomic E-state index is 11.1. The molecule has 0 bridgehead atoms. The van der Waals surface area contributed by atoms with Crippen LogP contribution in [0.3, 0.4) is 0 Å². The van der Waals surface area contributed by atoms with E-state index in [2.05, 4.69) is 10.5 Å². The molecule has 6 heteroatoms. The number of carbonyl (C=O) groups excluding carboxylic acids is 1. The first-order valence-electron chi connectivity index (χ1n) is 7.26. The highest BCUT2D eigenvalue weighted by Gasteiger charge is 2.24. The molecule has 0 atom stereocenters. The summed E-state index contributed by atoms with van der Waals surface area (Å²) in [7, 11) is 0. The number of hydrogen-bond donors (Lipinski definition) is 2. The van der Waals surface area contributed by atoms with Crippen LogP contribution in [0.1, 0.15) is 32.8 Å². The van der Waals surface area contributed by atoms with Gasteiger partial charge < -0.3 is 20.6 Å². The number of rotatable bonds is 8. The Morgan fingerprint density at radius 2 is 2.00 bits per heavy atom. The third kappa shape index (κ3) is 6.03. The van der Waals surface area contributed by atoms with Crippen molar-refractivity contribution in [2.24, 2.45) is 10.9 Å². The van der Waals surface area contributed by atoms with Crippen molar-refractivity contribution in [3.63, 3.8) is 0 Å². The standard InChI is InChI=1S/C16H25N3O3/c1-12-8-5-6-9-14(12)21-10-7-11-22-19-15(17)16(3,4)18-13(2)20/h5-6,8-9H,7,10-11H2,1-4H3,(H2,17,19)(H,18,20). The van der Waals surface area contributed by atoms with Crippen LogP contribution in [-0.2, 0) is 9.63 Å². The molecule has 1 aromatic carbocycles. The van der Waals surface area contributed by atoms with Crippen LogP contribution >= 0.6 is 0 Å². The lowest BCUT2D eigenvalue weighted by Crippen LogP contribution is -2.52. The Hall–Kier alpha value is -2.24. The second-order valence-electron chi connectivity index (χ2n) is 5.58. The highest BCUT2D eigenvalue weighted by atomic mass is 16.6. The summed E-state index contributed by atoms with van der Waals surface area (Å²) in [6, 6.07) is 7.84. The van der Waals surface area contributed by atoms with Gasteiger partial charge in [-0.3, -0.25) is 4.79 Å². The van der Waals surface area contributed by atoms with Crippen molar-refractivity contribution < 1.29 is 14.4 Å². The first kappa shape index (κ1) is 17.8. The third-order valence-electron chi connectivity index (χ3n) is 3.02. The van der Waals surface area contributed by atoms with Crippen molar-refractivity contribution in [2.75, 3.05) is 13.2 Å². The van der Waals surface area contributed by atoms with Gasteiger partial charge >= 0.3 is 0 Å². The number of amidine groups is 1. The number of aryl methyl sites for hydroxylation is 1. The lowest BCUT2D eigenvalue weighted by Gasteiger charge is -2.24.